The Morgan fingerprint density at radius 1 is 0.351 bits per heavy atom. The second kappa shape index (κ2) is 15.9. The molecule has 0 aliphatic carbocycles. The Balaban J connectivity index is 1.10. The molecule has 7 nitrogen and oxygen atoms in total. The minimum Gasteiger partial charge on any atom is -0.454 e. The molecule has 5 heterocycles. The van der Waals surface area contributed by atoms with Crippen LogP contribution >= 0.6 is 0 Å². The first-order valence-electron chi connectivity index (χ1n) is 24.3. The highest BCUT2D eigenvalue weighted by atomic mass is 19.4. The summed E-state index contributed by atoms with van der Waals surface area (Å²) in [5.74, 6) is 0.734. The smallest absolute Gasteiger partial charge is 0.418 e. The molecule has 0 unspecified atom stereocenters. The van der Waals surface area contributed by atoms with Crippen molar-refractivity contribution in [3.05, 3.63) is 230 Å². The Morgan fingerprint density at radius 3 is 1.42 bits per heavy atom. The molecular formula is C64H37F3N6O. The van der Waals surface area contributed by atoms with Crippen molar-refractivity contribution in [2.75, 3.05) is 0 Å². The number of fused-ring (bicyclic) bond motifs is 12. The Morgan fingerprint density at radius 2 is 0.811 bits per heavy atom. The number of rotatable bonds is 6. The van der Waals surface area contributed by atoms with E-state index >= 15 is 13.2 Å². The van der Waals surface area contributed by atoms with Crippen molar-refractivity contribution >= 4 is 87.4 Å². The van der Waals surface area contributed by atoms with Gasteiger partial charge < -0.3 is 18.1 Å². The topological polar surface area (TPSA) is 66.6 Å². The molecule has 0 fully saturated rings. The lowest BCUT2D eigenvalue weighted by Crippen LogP contribution is -2.12. The molecule has 0 bridgehead atoms. The Labute approximate surface area is 419 Å². The van der Waals surface area contributed by atoms with Gasteiger partial charge in [0.05, 0.1) is 38.7 Å². The molecule has 0 atom stereocenters. The van der Waals surface area contributed by atoms with Crippen molar-refractivity contribution in [1.29, 1.82) is 0 Å². The van der Waals surface area contributed by atoms with Crippen LogP contribution in [-0.2, 0) is 6.18 Å². The maximum Gasteiger partial charge on any atom is 0.418 e. The monoisotopic (exact) mass is 962 g/mol. The summed E-state index contributed by atoms with van der Waals surface area (Å²) in [4.78, 5) is 14.8. The van der Waals surface area contributed by atoms with Gasteiger partial charge in [-0.25, -0.2) is 15.0 Å². The molecule has 0 aliphatic rings. The average molecular weight is 963 g/mol. The highest BCUT2D eigenvalue weighted by Gasteiger charge is 2.39. The zero-order valence-corrected chi connectivity index (χ0v) is 39.1. The van der Waals surface area contributed by atoms with Crippen LogP contribution in [0.25, 0.3) is 139 Å². The van der Waals surface area contributed by atoms with Gasteiger partial charge in [-0.1, -0.05) is 152 Å². The summed E-state index contributed by atoms with van der Waals surface area (Å²) in [6.07, 6.45) is -4.90. The van der Waals surface area contributed by atoms with E-state index in [2.05, 4.69) is 69.8 Å². The molecule has 15 rings (SSSR count). The van der Waals surface area contributed by atoms with E-state index in [-0.39, 0.29) is 22.7 Å². The van der Waals surface area contributed by atoms with Crippen molar-refractivity contribution in [3.63, 3.8) is 0 Å². The van der Waals surface area contributed by atoms with Crippen molar-refractivity contribution in [2.24, 2.45) is 0 Å². The number of benzene rings is 10. The van der Waals surface area contributed by atoms with E-state index in [1.807, 2.05) is 152 Å². The van der Waals surface area contributed by atoms with Gasteiger partial charge in [0.15, 0.2) is 23.1 Å². The lowest BCUT2D eigenvalue weighted by Gasteiger charge is -2.19. The largest absolute Gasteiger partial charge is 0.454 e. The molecule has 0 aliphatic heterocycles. The molecule has 0 N–H and O–H groups in total. The minimum atomic E-state index is -4.90. The van der Waals surface area contributed by atoms with E-state index < -0.39 is 11.7 Å². The third kappa shape index (κ3) is 6.24. The van der Waals surface area contributed by atoms with E-state index in [9.17, 15) is 0 Å². The molecule has 10 heteroatoms. The van der Waals surface area contributed by atoms with Gasteiger partial charge in [-0.3, -0.25) is 0 Å². The number of hydrogen-bond donors (Lipinski definition) is 0. The van der Waals surface area contributed by atoms with Gasteiger partial charge in [-0.15, -0.1) is 0 Å². The fourth-order valence-electron chi connectivity index (χ4n) is 11.3. The molecule has 0 amide bonds. The van der Waals surface area contributed by atoms with Crippen LogP contribution in [0, 0.1) is 0 Å². The quantitative estimate of drug-likeness (QED) is 0.167. The number of nitrogens with zero attached hydrogens (tertiary/aromatic N) is 6. The molecule has 74 heavy (non-hydrogen) atoms. The average Bonchev–Trinajstić information content (AvgIpc) is 4.24. The summed E-state index contributed by atoms with van der Waals surface area (Å²) in [7, 11) is 0. The fraction of sp³-hybridized carbons (Fsp3) is 0.0156. The standard InChI is InChI=1S/C64H37F3N6O/c65-64(66,67)50-36-49(63-69-61(38-18-4-1-5-19-38)68-62(70-63)39-20-6-2-7-21-39)58-45-27-13-17-31-57(45)74-60(58)59(50)73-54-33-32-41(72-51-28-14-10-24-42(51)43-25-11-15-29-52(43)72)34-46(54)48-35-47-44-26-12-16-30-53(44)71(55(47)37-56(48)73)40-22-8-3-9-23-40/h1-37H. The van der Waals surface area contributed by atoms with E-state index in [0.29, 0.717) is 50.2 Å². The maximum absolute atomic E-state index is 16.7. The molecule has 5 aromatic heterocycles. The van der Waals surface area contributed by atoms with Gasteiger partial charge in [0, 0.05) is 71.2 Å². The number of halogens is 3. The van der Waals surface area contributed by atoms with Crippen LogP contribution < -0.4 is 0 Å². The van der Waals surface area contributed by atoms with Gasteiger partial charge >= 0.3 is 6.18 Å². The van der Waals surface area contributed by atoms with Crippen molar-refractivity contribution < 1.29 is 17.6 Å². The van der Waals surface area contributed by atoms with Gasteiger partial charge in [-0.2, -0.15) is 13.2 Å². The molecule has 15 aromatic rings. The summed E-state index contributed by atoms with van der Waals surface area (Å²) >= 11 is 0. The fourth-order valence-corrected chi connectivity index (χ4v) is 11.3. The summed E-state index contributed by atoms with van der Waals surface area (Å²) in [5.41, 5.74) is 7.79. The molecule has 10 aromatic carbocycles. The Kier molecular flexibility index (Phi) is 8.98. The first-order valence-corrected chi connectivity index (χ1v) is 24.3. The van der Waals surface area contributed by atoms with E-state index in [0.717, 1.165) is 65.8 Å². The Hall–Kier alpha value is -9.80. The zero-order valence-electron chi connectivity index (χ0n) is 39.1. The SMILES string of the molecule is FC(F)(F)c1cc(-c2nc(-c3ccccc3)nc(-c3ccccc3)n2)c2c(oc3ccccc32)c1-n1c2ccc(-n3c4ccccc4c4ccccc43)cc2c2cc3c4ccccc4n(-c4ccccc4)c3cc21. The van der Waals surface area contributed by atoms with E-state index in [4.69, 9.17) is 19.4 Å². The van der Waals surface area contributed by atoms with Crippen LogP contribution in [0.3, 0.4) is 0 Å². The normalized spacial score (nSPS) is 12.3. The van der Waals surface area contributed by atoms with E-state index in [1.54, 1.807) is 10.6 Å². The summed E-state index contributed by atoms with van der Waals surface area (Å²) in [6, 6.07) is 72.6. The van der Waals surface area contributed by atoms with Crippen molar-refractivity contribution in [3.8, 4) is 51.2 Å². The summed E-state index contributed by atoms with van der Waals surface area (Å²) < 4.78 is 63.2. The third-order valence-corrected chi connectivity index (χ3v) is 14.5. The van der Waals surface area contributed by atoms with Gasteiger partial charge in [0.2, 0.25) is 0 Å². The number of furan rings is 1. The maximum atomic E-state index is 16.7. The van der Waals surface area contributed by atoms with Crippen molar-refractivity contribution in [1.82, 2.24) is 28.7 Å². The van der Waals surface area contributed by atoms with E-state index in [1.165, 1.54) is 6.07 Å². The zero-order chi connectivity index (χ0) is 49.2. The number of hydrogen-bond acceptors (Lipinski definition) is 4. The van der Waals surface area contributed by atoms with Crippen LogP contribution in [0.15, 0.2) is 229 Å². The predicted octanol–water partition coefficient (Wildman–Crippen LogP) is 17.1. The summed E-state index contributed by atoms with van der Waals surface area (Å²) in [6.45, 7) is 0. The first kappa shape index (κ1) is 41.9. The molecule has 350 valence electrons. The minimum absolute atomic E-state index is 0.0490. The van der Waals surface area contributed by atoms with Crippen LogP contribution in [0.2, 0.25) is 0 Å². The molecule has 0 spiro atoms. The van der Waals surface area contributed by atoms with Crippen LogP contribution in [0.1, 0.15) is 5.56 Å². The summed E-state index contributed by atoms with van der Waals surface area (Å²) in [5, 5.41) is 6.83. The highest BCUT2D eigenvalue weighted by molar-refractivity contribution is 6.22. The number of para-hydroxylation sites is 5. The lowest BCUT2D eigenvalue weighted by atomic mass is 9.99. The molecule has 0 saturated carbocycles. The van der Waals surface area contributed by atoms with Crippen LogP contribution in [0.5, 0.6) is 0 Å². The van der Waals surface area contributed by atoms with Crippen LogP contribution in [-0.4, -0.2) is 28.7 Å². The van der Waals surface area contributed by atoms with Crippen LogP contribution in [0.4, 0.5) is 13.2 Å². The number of alkyl halides is 3. The Bertz CT molecular complexity index is 4650. The molecular weight excluding hydrogens is 926 g/mol. The number of aromatic nitrogens is 6. The predicted molar refractivity (Wildman–Crippen MR) is 291 cm³/mol. The third-order valence-electron chi connectivity index (χ3n) is 14.5. The molecule has 0 saturated heterocycles. The van der Waals surface area contributed by atoms with Crippen molar-refractivity contribution in [2.45, 2.75) is 6.18 Å². The molecule has 0 radical (unpaired) electrons. The van der Waals surface area contributed by atoms with Gasteiger partial charge in [0.25, 0.3) is 0 Å². The second-order valence-corrected chi connectivity index (χ2v) is 18.6. The van der Waals surface area contributed by atoms with Gasteiger partial charge in [-0.05, 0) is 72.8 Å². The second-order valence-electron chi connectivity index (χ2n) is 18.6. The highest BCUT2D eigenvalue weighted by Crippen LogP contribution is 2.49. The first-order chi connectivity index (χ1) is 36.4. The van der Waals surface area contributed by atoms with Gasteiger partial charge in [0.1, 0.15) is 11.3 Å². The lowest BCUT2D eigenvalue weighted by molar-refractivity contribution is -0.137.